The fourth-order valence-corrected chi connectivity index (χ4v) is 4.82. The molecule has 1 aromatic heterocycles. The predicted molar refractivity (Wildman–Crippen MR) is 119 cm³/mol. The van der Waals surface area contributed by atoms with Crippen LogP contribution in [0.1, 0.15) is 30.9 Å². The van der Waals surface area contributed by atoms with Crippen molar-refractivity contribution in [1.82, 2.24) is 3.97 Å². The van der Waals surface area contributed by atoms with Gasteiger partial charge in [0.05, 0.1) is 17.0 Å². The van der Waals surface area contributed by atoms with Crippen molar-refractivity contribution >= 4 is 42.6 Å². The first kappa shape index (κ1) is 22.5. The van der Waals surface area contributed by atoms with Gasteiger partial charge in [-0.3, -0.25) is 0 Å². The molecule has 3 aromatic rings. The molecule has 0 bridgehead atoms. The van der Waals surface area contributed by atoms with Crippen LogP contribution in [-0.2, 0) is 21.2 Å². The summed E-state index contributed by atoms with van der Waals surface area (Å²) in [6, 6.07) is 9.25. The zero-order valence-electron chi connectivity index (χ0n) is 16.8. The van der Waals surface area contributed by atoms with Gasteiger partial charge in [-0.2, -0.15) is 0 Å². The molecule has 5 nitrogen and oxygen atoms in total. The molecular formula is C22H23BrFNO4S. The zero-order valence-corrected chi connectivity index (χ0v) is 19.2. The summed E-state index contributed by atoms with van der Waals surface area (Å²) in [5.74, 6) is -0.490. The Balaban J connectivity index is 2.14. The van der Waals surface area contributed by atoms with Crippen LogP contribution in [-0.4, -0.2) is 30.1 Å². The lowest BCUT2D eigenvalue weighted by Gasteiger charge is -2.10. The number of alkyl halides is 1. The first-order valence-electron chi connectivity index (χ1n) is 9.58. The van der Waals surface area contributed by atoms with Crippen LogP contribution in [0.15, 0.2) is 47.5 Å². The summed E-state index contributed by atoms with van der Waals surface area (Å²) in [5.41, 5.74) is 1.92. The highest BCUT2D eigenvalue weighted by molar-refractivity contribution is 9.09. The van der Waals surface area contributed by atoms with Gasteiger partial charge in [0.15, 0.2) is 11.6 Å². The normalized spacial score (nSPS) is 11.7. The van der Waals surface area contributed by atoms with Gasteiger partial charge in [0.25, 0.3) is 10.0 Å². The number of rotatable bonds is 9. The first-order valence-corrected chi connectivity index (χ1v) is 12.1. The molecule has 0 atom stereocenters. The predicted octanol–water partition coefficient (Wildman–Crippen LogP) is 5.01. The molecule has 0 fully saturated rings. The van der Waals surface area contributed by atoms with Crippen molar-refractivity contribution in [2.24, 2.45) is 0 Å². The highest BCUT2D eigenvalue weighted by Crippen LogP contribution is 2.32. The number of halogens is 2. The number of fused-ring (bicyclic) bond motifs is 1. The molecule has 0 unspecified atom stereocenters. The maximum Gasteiger partial charge on any atom is 0.268 e. The van der Waals surface area contributed by atoms with E-state index in [-0.39, 0.29) is 28.6 Å². The lowest BCUT2D eigenvalue weighted by molar-refractivity contribution is -0.117. The number of carbonyl (C=O) groups excluding carboxylic acids is 1. The molecule has 0 aliphatic carbocycles. The van der Waals surface area contributed by atoms with Gasteiger partial charge in [-0.1, -0.05) is 33.6 Å². The fourth-order valence-electron chi connectivity index (χ4n) is 3.27. The molecule has 30 heavy (non-hydrogen) atoms. The third-order valence-corrected chi connectivity index (χ3v) is 6.81. The molecular weight excluding hydrogens is 473 g/mol. The van der Waals surface area contributed by atoms with Crippen LogP contribution in [0.25, 0.3) is 10.9 Å². The van der Waals surface area contributed by atoms with Crippen molar-refractivity contribution in [2.75, 3.05) is 11.9 Å². The van der Waals surface area contributed by atoms with Gasteiger partial charge >= 0.3 is 0 Å². The number of ether oxygens (including phenoxy) is 1. The molecule has 0 radical (unpaired) electrons. The minimum Gasteiger partial charge on any atom is -0.490 e. The smallest absolute Gasteiger partial charge is 0.268 e. The number of ketones is 1. The van der Waals surface area contributed by atoms with Gasteiger partial charge in [-0.15, -0.1) is 0 Å². The van der Waals surface area contributed by atoms with Crippen LogP contribution >= 0.6 is 15.9 Å². The van der Waals surface area contributed by atoms with Crippen LogP contribution in [0.2, 0.25) is 0 Å². The highest BCUT2D eigenvalue weighted by Gasteiger charge is 2.23. The maximum absolute atomic E-state index is 14.6. The molecule has 0 aliphatic rings. The lowest BCUT2D eigenvalue weighted by Crippen LogP contribution is -2.12. The van der Waals surface area contributed by atoms with E-state index in [4.69, 9.17) is 4.74 Å². The number of aromatic nitrogens is 1. The largest absolute Gasteiger partial charge is 0.490 e. The first-order chi connectivity index (χ1) is 14.2. The standard InChI is InChI=1S/C22H23BrFNO4S/c1-15-6-8-18(9-7-15)30(27,28)25-14-17(5-3-4-16(2)26)19-12-22(29-11-10-23)20(24)13-21(19)25/h6-9,12-14H,3-5,10-11H2,1-2H3. The topological polar surface area (TPSA) is 65.4 Å². The monoisotopic (exact) mass is 495 g/mol. The second-order valence-electron chi connectivity index (χ2n) is 7.16. The van der Waals surface area contributed by atoms with Crippen LogP contribution in [0, 0.1) is 12.7 Å². The van der Waals surface area contributed by atoms with E-state index in [2.05, 4.69) is 15.9 Å². The molecule has 3 rings (SSSR count). The summed E-state index contributed by atoms with van der Waals surface area (Å²) in [4.78, 5) is 11.4. The molecule has 0 aliphatic heterocycles. The second kappa shape index (κ2) is 9.31. The van der Waals surface area contributed by atoms with E-state index < -0.39 is 15.8 Å². The summed E-state index contributed by atoms with van der Waals surface area (Å²) in [7, 11) is -3.91. The average Bonchev–Trinajstić information content (AvgIpc) is 3.04. The van der Waals surface area contributed by atoms with Crippen molar-refractivity contribution in [3.05, 3.63) is 59.5 Å². The number of hydrogen-bond acceptors (Lipinski definition) is 4. The summed E-state index contributed by atoms with van der Waals surface area (Å²) >= 11 is 3.24. The van der Waals surface area contributed by atoms with E-state index in [1.54, 1.807) is 12.1 Å². The van der Waals surface area contributed by atoms with Crippen LogP contribution in [0.4, 0.5) is 4.39 Å². The van der Waals surface area contributed by atoms with Crippen LogP contribution in [0.3, 0.4) is 0 Å². The Kier molecular flexibility index (Phi) is 6.98. The third kappa shape index (κ3) is 4.75. The van der Waals surface area contributed by atoms with Crippen LogP contribution < -0.4 is 4.74 Å². The fraction of sp³-hybridized carbons (Fsp3) is 0.318. The Labute approximate surface area is 184 Å². The Morgan fingerprint density at radius 2 is 1.90 bits per heavy atom. The Morgan fingerprint density at radius 3 is 2.53 bits per heavy atom. The van der Waals surface area contributed by atoms with Gasteiger partial charge in [0.1, 0.15) is 5.78 Å². The summed E-state index contributed by atoms with van der Waals surface area (Å²) < 4.78 is 47.8. The molecule has 0 saturated heterocycles. The van der Waals surface area contributed by atoms with E-state index in [1.165, 1.54) is 37.4 Å². The summed E-state index contributed by atoms with van der Waals surface area (Å²) in [6.45, 7) is 3.68. The summed E-state index contributed by atoms with van der Waals surface area (Å²) in [5, 5.41) is 1.14. The molecule has 0 amide bonds. The van der Waals surface area contributed by atoms with Gasteiger partial charge in [0, 0.05) is 29.4 Å². The Morgan fingerprint density at radius 1 is 1.20 bits per heavy atom. The van der Waals surface area contributed by atoms with Gasteiger partial charge in [0.2, 0.25) is 0 Å². The summed E-state index contributed by atoms with van der Waals surface area (Å²) in [6.07, 6.45) is 2.99. The number of aryl methyl sites for hydroxylation is 2. The van der Waals surface area contributed by atoms with Crippen molar-refractivity contribution in [2.45, 2.75) is 38.0 Å². The third-order valence-electron chi connectivity index (χ3n) is 4.79. The Hall–Kier alpha value is -2.19. The van der Waals surface area contributed by atoms with E-state index in [1.807, 2.05) is 6.92 Å². The number of benzene rings is 2. The van der Waals surface area contributed by atoms with Gasteiger partial charge in [-0.25, -0.2) is 16.8 Å². The number of hydrogen-bond donors (Lipinski definition) is 0. The Bertz CT molecular complexity index is 1170. The quantitative estimate of drug-likeness (QED) is 0.391. The molecule has 1 heterocycles. The van der Waals surface area contributed by atoms with E-state index in [0.717, 1.165) is 15.1 Å². The molecule has 0 saturated carbocycles. The molecule has 0 N–H and O–H groups in total. The van der Waals surface area contributed by atoms with Crippen molar-refractivity contribution < 1.29 is 22.3 Å². The maximum atomic E-state index is 14.6. The van der Waals surface area contributed by atoms with Crippen molar-refractivity contribution in [3.63, 3.8) is 0 Å². The SMILES string of the molecule is CC(=O)CCCc1cn(S(=O)(=O)c2ccc(C)cc2)c2cc(F)c(OCCBr)cc12. The number of Topliss-reactive ketones (excluding diaryl/α,β-unsaturated/α-hetero) is 1. The minimum absolute atomic E-state index is 0.0680. The van der Waals surface area contributed by atoms with E-state index in [0.29, 0.717) is 30.0 Å². The van der Waals surface area contributed by atoms with E-state index >= 15 is 0 Å². The molecule has 2 aromatic carbocycles. The highest BCUT2D eigenvalue weighted by atomic mass is 79.9. The number of nitrogens with zero attached hydrogens (tertiary/aromatic N) is 1. The van der Waals surface area contributed by atoms with Crippen LogP contribution in [0.5, 0.6) is 5.75 Å². The second-order valence-corrected chi connectivity index (χ2v) is 9.77. The molecule has 8 heteroatoms. The van der Waals surface area contributed by atoms with Crippen molar-refractivity contribution in [1.29, 1.82) is 0 Å². The minimum atomic E-state index is -3.91. The number of carbonyl (C=O) groups is 1. The molecule has 160 valence electrons. The van der Waals surface area contributed by atoms with Crippen molar-refractivity contribution in [3.8, 4) is 5.75 Å². The average molecular weight is 496 g/mol. The van der Waals surface area contributed by atoms with E-state index in [9.17, 15) is 17.6 Å². The zero-order chi connectivity index (χ0) is 21.9. The molecule has 0 spiro atoms. The van der Waals surface area contributed by atoms with Gasteiger partial charge < -0.3 is 9.53 Å². The van der Waals surface area contributed by atoms with Gasteiger partial charge in [-0.05, 0) is 50.5 Å². The lowest BCUT2D eigenvalue weighted by atomic mass is 10.1.